The Hall–Kier alpha value is -1.81. The van der Waals surface area contributed by atoms with Crippen molar-refractivity contribution >= 4 is 0 Å². The van der Waals surface area contributed by atoms with E-state index in [4.69, 9.17) is 4.74 Å². The van der Waals surface area contributed by atoms with E-state index in [1.807, 2.05) is 24.7 Å². The topological polar surface area (TPSA) is 39.1 Å². The van der Waals surface area contributed by atoms with E-state index in [1.165, 1.54) is 24.1 Å². The van der Waals surface area contributed by atoms with Crippen molar-refractivity contribution in [1.82, 2.24) is 14.9 Å². The van der Waals surface area contributed by atoms with Gasteiger partial charge in [0.25, 0.3) is 0 Å². The summed E-state index contributed by atoms with van der Waals surface area (Å²) in [6.07, 6.45) is 6.44. The van der Waals surface area contributed by atoms with Gasteiger partial charge in [0.05, 0.1) is 13.4 Å². The van der Waals surface area contributed by atoms with Crippen LogP contribution in [0.3, 0.4) is 0 Å². The van der Waals surface area contributed by atoms with E-state index in [-0.39, 0.29) is 0 Å². The first-order valence-electron chi connectivity index (χ1n) is 7.20. The van der Waals surface area contributed by atoms with E-state index in [1.54, 1.807) is 7.11 Å². The van der Waals surface area contributed by atoms with Crippen molar-refractivity contribution in [2.24, 2.45) is 0 Å². The van der Waals surface area contributed by atoms with Gasteiger partial charge in [-0.25, -0.2) is 4.98 Å². The lowest BCUT2D eigenvalue weighted by atomic mass is 9.96. The summed E-state index contributed by atoms with van der Waals surface area (Å²) in [5.74, 6) is 1.49. The maximum atomic E-state index is 5.29. The second-order valence-electron chi connectivity index (χ2n) is 5.34. The quantitative estimate of drug-likeness (QED) is 0.928. The normalized spacial score (nSPS) is 18.9. The molecular formula is C16H21N3O. The van der Waals surface area contributed by atoms with Crippen LogP contribution in [0.1, 0.15) is 30.0 Å². The maximum absolute atomic E-state index is 5.29. The van der Waals surface area contributed by atoms with Crippen LogP contribution in [-0.4, -0.2) is 29.8 Å². The van der Waals surface area contributed by atoms with Crippen LogP contribution >= 0.6 is 0 Å². The Morgan fingerprint density at radius 3 is 3.20 bits per heavy atom. The third-order valence-corrected chi connectivity index (χ3v) is 3.95. The van der Waals surface area contributed by atoms with Gasteiger partial charge in [-0.05, 0) is 37.1 Å². The highest BCUT2D eigenvalue weighted by atomic mass is 16.5. The molecule has 1 fully saturated rings. The van der Waals surface area contributed by atoms with Crippen molar-refractivity contribution < 1.29 is 4.74 Å². The molecule has 0 saturated carbocycles. The summed E-state index contributed by atoms with van der Waals surface area (Å²) in [7, 11) is 1.70. The predicted molar refractivity (Wildman–Crippen MR) is 79.2 cm³/mol. The van der Waals surface area contributed by atoms with Crippen molar-refractivity contribution in [3.63, 3.8) is 0 Å². The first-order valence-corrected chi connectivity index (χ1v) is 7.20. The van der Waals surface area contributed by atoms with Gasteiger partial charge >= 0.3 is 0 Å². The van der Waals surface area contributed by atoms with Gasteiger partial charge in [0.1, 0.15) is 5.75 Å². The molecule has 3 rings (SSSR count). The van der Waals surface area contributed by atoms with E-state index in [2.05, 4.69) is 27.0 Å². The average Bonchev–Trinajstić information content (AvgIpc) is 2.96. The van der Waals surface area contributed by atoms with Crippen molar-refractivity contribution in [2.75, 3.05) is 20.2 Å². The minimum absolute atomic E-state index is 0.580. The summed E-state index contributed by atoms with van der Waals surface area (Å²) in [5.41, 5.74) is 2.58. The predicted octanol–water partition coefficient (Wildman–Crippen LogP) is 2.41. The Morgan fingerprint density at radius 2 is 2.40 bits per heavy atom. The van der Waals surface area contributed by atoms with Crippen molar-refractivity contribution in [2.45, 2.75) is 25.3 Å². The molecule has 4 heteroatoms. The number of rotatable bonds is 4. The third-order valence-electron chi connectivity index (χ3n) is 3.95. The molecule has 1 aliphatic heterocycles. The molecule has 0 radical (unpaired) electrons. The molecule has 20 heavy (non-hydrogen) atoms. The smallest absolute Gasteiger partial charge is 0.119 e. The van der Waals surface area contributed by atoms with Crippen molar-refractivity contribution in [3.05, 3.63) is 48.0 Å². The molecule has 106 valence electrons. The Labute approximate surface area is 119 Å². The van der Waals surface area contributed by atoms with Gasteiger partial charge in [0, 0.05) is 30.9 Å². The minimum Gasteiger partial charge on any atom is -0.497 e. The molecule has 1 aromatic heterocycles. The standard InChI is InChI=1S/C16H21N3O/c1-20-15-6-2-4-13(8-15)11-19-12-18-10-16(19)14-5-3-7-17-9-14/h2,4,6,8,10,12,14,17H,3,5,7,9,11H2,1H3. The zero-order valence-electron chi connectivity index (χ0n) is 11.9. The molecule has 0 amide bonds. The Bertz CT molecular complexity index is 558. The molecule has 1 aliphatic rings. The minimum atomic E-state index is 0.580. The van der Waals surface area contributed by atoms with Crippen LogP contribution in [0.15, 0.2) is 36.8 Å². The number of imidazole rings is 1. The number of methoxy groups -OCH3 is 1. The monoisotopic (exact) mass is 271 g/mol. The first kappa shape index (κ1) is 13.2. The maximum Gasteiger partial charge on any atom is 0.119 e. The van der Waals surface area contributed by atoms with Gasteiger partial charge in [-0.15, -0.1) is 0 Å². The number of nitrogens with zero attached hydrogens (tertiary/aromatic N) is 2. The number of hydrogen-bond acceptors (Lipinski definition) is 3. The van der Waals surface area contributed by atoms with Crippen molar-refractivity contribution in [3.8, 4) is 5.75 Å². The molecule has 1 unspecified atom stereocenters. The fourth-order valence-electron chi connectivity index (χ4n) is 2.87. The highest BCUT2D eigenvalue weighted by Gasteiger charge is 2.18. The van der Waals surface area contributed by atoms with Crippen LogP contribution in [0.4, 0.5) is 0 Å². The van der Waals surface area contributed by atoms with Gasteiger partial charge in [-0.1, -0.05) is 12.1 Å². The zero-order valence-corrected chi connectivity index (χ0v) is 11.9. The zero-order chi connectivity index (χ0) is 13.8. The lowest BCUT2D eigenvalue weighted by molar-refractivity contribution is 0.414. The molecule has 1 saturated heterocycles. The molecule has 4 nitrogen and oxygen atoms in total. The highest BCUT2D eigenvalue weighted by molar-refractivity contribution is 5.29. The molecule has 0 bridgehead atoms. The van der Waals surface area contributed by atoms with Crippen LogP contribution in [-0.2, 0) is 6.54 Å². The molecule has 2 aromatic rings. The fraction of sp³-hybridized carbons (Fsp3) is 0.438. The van der Waals surface area contributed by atoms with Crippen LogP contribution < -0.4 is 10.1 Å². The highest BCUT2D eigenvalue weighted by Crippen LogP contribution is 2.24. The van der Waals surface area contributed by atoms with Crippen LogP contribution in [0, 0.1) is 0 Å². The molecular weight excluding hydrogens is 250 g/mol. The molecule has 1 atom stereocenters. The van der Waals surface area contributed by atoms with Crippen LogP contribution in [0.25, 0.3) is 0 Å². The second kappa shape index (κ2) is 6.09. The number of aromatic nitrogens is 2. The summed E-state index contributed by atoms with van der Waals surface area (Å²) in [5, 5.41) is 3.47. The van der Waals surface area contributed by atoms with Gasteiger partial charge in [-0.3, -0.25) is 0 Å². The molecule has 1 aromatic carbocycles. The first-order chi connectivity index (χ1) is 9.86. The summed E-state index contributed by atoms with van der Waals surface area (Å²) in [6.45, 7) is 3.05. The Kier molecular flexibility index (Phi) is 4.02. The number of benzene rings is 1. The van der Waals surface area contributed by atoms with Gasteiger partial charge in [0.2, 0.25) is 0 Å². The van der Waals surface area contributed by atoms with Crippen LogP contribution in [0.2, 0.25) is 0 Å². The fourth-order valence-corrected chi connectivity index (χ4v) is 2.87. The number of piperidine rings is 1. The number of nitrogens with one attached hydrogen (secondary N) is 1. The SMILES string of the molecule is COc1cccc(Cn2cncc2C2CCCNC2)c1. The van der Waals surface area contributed by atoms with E-state index < -0.39 is 0 Å². The Morgan fingerprint density at radius 1 is 1.45 bits per heavy atom. The van der Waals surface area contributed by atoms with E-state index >= 15 is 0 Å². The van der Waals surface area contributed by atoms with Gasteiger partial charge in [0.15, 0.2) is 0 Å². The summed E-state index contributed by atoms with van der Waals surface area (Å²) < 4.78 is 7.54. The molecule has 0 aliphatic carbocycles. The third kappa shape index (κ3) is 2.85. The summed E-state index contributed by atoms with van der Waals surface area (Å²) in [4.78, 5) is 4.34. The van der Waals surface area contributed by atoms with Gasteiger partial charge < -0.3 is 14.6 Å². The molecule has 2 heterocycles. The number of ether oxygens (including phenoxy) is 1. The lowest BCUT2D eigenvalue weighted by Crippen LogP contribution is -2.29. The van der Waals surface area contributed by atoms with E-state index in [0.29, 0.717) is 5.92 Å². The Balaban J connectivity index is 1.78. The second-order valence-corrected chi connectivity index (χ2v) is 5.34. The molecule has 0 spiro atoms. The number of hydrogen-bond donors (Lipinski definition) is 1. The van der Waals surface area contributed by atoms with Crippen LogP contribution in [0.5, 0.6) is 5.75 Å². The lowest BCUT2D eigenvalue weighted by Gasteiger charge is -2.23. The van der Waals surface area contributed by atoms with Gasteiger partial charge in [-0.2, -0.15) is 0 Å². The summed E-state index contributed by atoms with van der Waals surface area (Å²) >= 11 is 0. The van der Waals surface area contributed by atoms with Crippen molar-refractivity contribution in [1.29, 1.82) is 0 Å². The molecule has 1 N–H and O–H groups in total. The average molecular weight is 271 g/mol. The van der Waals surface area contributed by atoms with E-state index in [9.17, 15) is 0 Å². The van der Waals surface area contributed by atoms with E-state index in [0.717, 1.165) is 25.4 Å². The summed E-state index contributed by atoms with van der Waals surface area (Å²) in [6, 6.07) is 8.23. The largest absolute Gasteiger partial charge is 0.497 e.